The lowest BCUT2D eigenvalue weighted by Gasteiger charge is -2.36. The lowest BCUT2D eigenvalue weighted by molar-refractivity contribution is 0.146. The van der Waals surface area contributed by atoms with Crippen LogP contribution in [0.3, 0.4) is 0 Å². The van der Waals surface area contributed by atoms with Crippen molar-refractivity contribution in [3.63, 3.8) is 0 Å². The Bertz CT molecular complexity index is 858. The van der Waals surface area contributed by atoms with Gasteiger partial charge in [-0.1, -0.05) is 43.5 Å². The van der Waals surface area contributed by atoms with Crippen LogP contribution in [0.5, 0.6) is 0 Å². The molecule has 4 aliphatic rings. The topological polar surface area (TPSA) is 60.0 Å². The predicted octanol–water partition coefficient (Wildman–Crippen LogP) is 3.69. The monoisotopic (exact) mass is 413 g/mol. The summed E-state index contributed by atoms with van der Waals surface area (Å²) in [5.74, 6) is 2.50. The van der Waals surface area contributed by atoms with Gasteiger partial charge in [-0.3, -0.25) is 9.80 Å². The molecule has 5 rings (SSSR count). The Balaban J connectivity index is 1.41. The smallest absolute Gasteiger partial charge is 0.327 e. The highest BCUT2D eigenvalue weighted by Gasteiger charge is 2.47. The number of hydrogen-bond acceptors (Lipinski definition) is 4. The summed E-state index contributed by atoms with van der Waals surface area (Å²) in [4.78, 5) is 22.1. The van der Waals surface area contributed by atoms with Gasteiger partial charge in [-0.25, -0.2) is 9.79 Å². The lowest BCUT2D eigenvalue weighted by atomic mass is 10.1. The number of benzene rings is 1. The molecule has 2 amide bonds. The first kappa shape index (κ1) is 18.8. The molecule has 2 fully saturated rings. The number of hydrogen-bond donors (Lipinski definition) is 2. The number of carbonyl (C=O) groups excluding carboxylic acids is 1. The minimum Gasteiger partial charge on any atom is -0.365 e. The van der Waals surface area contributed by atoms with Gasteiger partial charge in [0.25, 0.3) is 0 Å². The fourth-order valence-corrected chi connectivity index (χ4v) is 5.14. The highest BCUT2D eigenvalue weighted by molar-refractivity contribution is 6.30. The number of nitrogens with one attached hydrogen (secondary N) is 2. The summed E-state index contributed by atoms with van der Waals surface area (Å²) in [6, 6.07) is 8.21. The third kappa shape index (κ3) is 3.37. The van der Waals surface area contributed by atoms with Crippen LogP contribution in [-0.4, -0.2) is 47.0 Å². The summed E-state index contributed by atoms with van der Waals surface area (Å²) < 4.78 is 0. The first-order valence-corrected chi connectivity index (χ1v) is 11.2. The van der Waals surface area contributed by atoms with Gasteiger partial charge in [0.05, 0.1) is 0 Å². The van der Waals surface area contributed by atoms with E-state index in [4.69, 9.17) is 16.6 Å². The van der Waals surface area contributed by atoms with Crippen molar-refractivity contribution in [2.45, 2.75) is 57.7 Å². The van der Waals surface area contributed by atoms with Crippen molar-refractivity contribution in [3.05, 3.63) is 46.4 Å². The largest absolute Gasteiger partial charge is 0.365 e. The van der Waals surface area contributed by atoms with Crippen LogP contribution in [0.4, 0.5) is 4.79 Å². The normalized spacial score (nSPS) is 26.4. The van der Waals surface area contributed by atoms with Crippen molar-refractivity contribution in [1.29, 1.82) is 0 Å². The number of fused-ring (bicyclic) bond motifs is 2. The molecule has 1 aromatic carbocycles. The fraction of sp³-hybridized carbons (Fsp3) is 0.545. The third-order valence-electron chi connectivity index (χ3n) is 6.42. The first-order valence-electron chi connectivity index (χ1n) is 10.8. The van der Waals surface area contributed by atoms with Crippen molar-refractivity contribution in [2.24, 2.45) is 10.9 Å². The summed E-state index contributed by atoms with van der Waals surface area (Å²) in [5.41, 5.74) is 2.27. The number of rotatable bonds is 5. The van der Waals surface area contributed by atoms with Crippen LogP contribution >= 0.6 is 11.6 Å². The van der Waals surface area contributed by atoms with Gasteiger partial charge in [0, 0.05) is 30.1 Å². The van der Waals surface area contributed by atoms with E-state index in [2.05, 4.69) is 29.7 Å². The van der Waals surface area contributed by atoms with Gasteiger partial charge in [-0.2, -0.15) is 0 Å². The van der Waals surface area contributed by atoms with Crippen molar-refractivity contribution in [1.82, 2.24) is 20.4 Å². The molecule has 2 N–H and O–H groups in total. The van der Waals surface area contributed by atoms with Gasteiger partial charge in [0.15, 0.2) is 6.17 Å². The number of aliphatic imine (C=N–C) groups is 1. The van der Waals surface area contributed by atoms with Gasteiger partial charge in [-0.15, -0.1) is 0 Å². The summed E-state index contributed by atoms with van der Waals surface area (Å²) >= 11 is 6.02. The van der Waals surface area contributed by atoms with E-state index in [1.807, 2.05) is 21.9 Å². The van der Waals surface area contributed by atoms with E-state index < -0.39 is 0 Å². The van der Waals surface area contributed by atoms with Crippen molar-refractivity contribution in [3.8, 4) is 0 Å². The number of amides is 2. The van der Waals surface area contributed by atoms with E-state index in [0.717, 1.165) is 41.8 Å². The van der Waals surface area contributed by atoms with Crippen LogP contribution in [0.2, 0.25) is 5.02 Å². The Morgan fingerprint density at radius 2 is 1.97 bits per heavy atom. The zero-order valence-corrected chi connectivity index (χ0v) is 17.6. The van der Waals surface area contributed by atoms with E-state index in [1.165, 1.54) is 31.2 Å². The van der Waals surface area contributed by atoms with Crippen LogP contribution in [0.15, 0.2) is 40.8 Å². The Morgan fingerprint density at radius 3 is 2.69 bits per heavy atom. The SMILES string of the molecule is CCCN1C(=O)N2CC(Cc3ccc(Cl)cc3)NC2=C2NC(C3CCCC3)=NC21. The Morgan fingerprint density at radius 1 is 1.21 bits per heavy atom. The molecule has 29 heavy (non-hydrogen) atoms. The average molecular weight is 414 g/mol. The molecule has 3 heterocycles. The maximum Gasteiger partial charge on any atom is 0.327 e. The van der Waals surface area contributed by atoms with Gasteiger partial charge in [0.2, 0.25) is 0 Å². The van der Waals surface area contributed by atoms with Crippen molar-refractivity contribution in [2.75, 3.05) is 13.1 Å². The van der Waals surface area contributed by atoms with Crippen LogP contribution < -0.4 is 10.6 Å². The van der Waals surface area contributed by atoms with Gasteiger partial charge >= 0.3 is 6.03 Å². The second-order valence-electron chi connectivity index (χ2n) is 8.52. The molecule has 2 atom stereocenters. The number of amidine groups is 1. The summed E-state index contributed by atoms with van der Waals surface area (Å²) in [5, 5.41) is 7.99. The van der Waals surface area contributed by atoms with Crippen molar-refractivity contribution < 1.29 is 4.79 Å². The lowest BCUT2D eigenvalue weighted by Crippen LogP contribution is -2.53. The zero-order valence-electron chi connectivity index (χ0n) is 16.8. The molecule has 1 saturated heterocycles. The van der Waals surface area contributed by atoms with Crippen LogP contribution in [-0.2, 0) is 6.42 Å². The molecule has 2 unspecified atom stereocenters. The average Bonchev–Trinajstić information content (AvgIpc) is 3.45. The van der Waals surface area contributed by atoms with Crippen LogP contribution in [0, 0.1) is 5.92 Å². The molecule has 1 aromatic rings. The van der Waals surface area contributed by atoms with E-state index in [-0.39, 0.29) is 18.2 Å². The maximum absolute atomic E-state index is 13.3. The highest BCUT2D eigenvalue weighted by Crippen LogP contribution is 2.35. The maximum atomic E-state index is 13.3. The van der Waals surface area contributed by atoms with E-state index in [1.54, 1.807) is 0 Å². The highest BCUT2D eigenvalue weighted by atomic mass is 35.5. The van der Waals surface area contributed by atoms with Crippen molar-refractivity contribution >= 4 is 23.5 Å². The van der Waals surface area contributed by atoms with Crippen LogP contribution in [0.1, 0.15) is 44.6 Å². The molecule has 3 aliphatic heterocycles. The molecular formula is C22H28ClN5O. The molecule has 6 nitrogen and oxygen atoms in total. The Hall–Kier alpha value is -2.21. The van der Waals surface area contributed by atoms with Gasteiger partial charge in [-0.05, 0) is 43.4 Å². The molecule has 0 bridgehead atoms. The zero-order chi connectivity index (χ0) is 20.0. The quantitative estimate of drug-likeness (QED) is 0.773. The van der Waals surface area contributed by atoms with Gasteiger partial charge < -0.3 is 10.6 Å². The number of halogens is 1. The second kappa shape index (κ2) is 7.56. The first-order chi connectivity index (χ1) is 14.1. The summed E-state index contributed by atoms with van der Waals surface area (Å²) in [6.45, 7) is 3.51. The predicted molar refractivity (Wildman–Crippen MR) is 115 cm³/mol. The van der Waals surface area contributed by atoms with E-state index >= 15 is 0 Å². The molecule has 0 radical (unpaired) electrons. The minimum atomic E-state index is -0.203. The molecule has 1 saturated carbocycles. The van der Waals surface area contributed by atoms with E-state index in [9.17, 15) is 4.79 Å². The number of carbonyl (C=O) groups is 1. The second-order valence-corrected chi connectivity index (χ2v) is 8.95. The molecular weight excluding hydrogens is 386 g/mol. The molecule has 1 aliphatic carbocycles. The summed E-state index contributed by atoms with van der Waals surface area (Å²) in [7, 11) is 0. The Labute approximate surface area is 177 Å². The molecule has 0 spiro atoms. The Kier molecular flexibility index (Phi) is 4.90. The third-order valence-corrected chi connectivity index (χ3v) is 6.68. The number of urea groups is 1. The fourth-order valence-electron chi connectivity index (χ4n) is 5.01. The molecule has 7 heteroatoms. The molecule has 0 aromatic heterocycles. The minimum absolute atomic E-state index is 0.0694. The van der Waals surface area contributed by atoms with Crippen LogP contribution in [0.25, 0.3) is 0 Å². The summed E-state index contributed by atoms with van der Waals surface area (Å²) in [6.07, 6.45) is 6.51. The molecule has 154 valence electrons. The number of nitrogens with zero attached hydrogens (tertiary/aromatic N) is 3. The van der Waals surface area contributed by atoms with E-state index in [0.29, 0.717) is 12.5 Å². The van der Waals surface area contributed by atoms with Gasteiger partial charge in [0.1, 0.15) is 17.4 Å². The standard InChI is InChI=1S/C22H28ClN5O/c1-2-11-27-21-18(25-19(26-21)15-5-3-4-6-15)20-24-17(13-28(20)22(27)29)12-14-7-9-16(23)10-8-14/h7-10,15,17,21,24H,2-6,11-13H2,1H3,(H,25,26).